The topological polar surface area (TPSA) is 58.0 Å². The van der Waals surface area contributed by atoms with Gasteiger partial charge in [-0.3, -0.25) is 0 Å². The lowest BCUT2D eigenvalue weighted by molar-refractivity contribution is 0.276. The van der Waals surface area contributed by atoms with Crippen LogP contribution in [0.4, 0.5) is 5.82 Å². The molecule has 0 saturated heterocycles. The summed E-state index contributed by atoms with van der Waals surface area (Å²) in [6, 6.07) is 11.1. The molecule has 0 radical (unpaired) electrons. The minimum Gasteiger partial charge on any atom is -0.394 e. The molecule has 0 spiro atoms. The zero-order valence-electron chi connectivity index (χ0n) is 10.4. The second-order valence-corrected chi connectivity index (χ2v) is 5.01. The fraction of sp³-hybridized carbons (Fsp3) is 0.231. The van der Waals surface area contributed by atoms with Gasteiger partial charge in [-0.05, 0) is 11.8 Å². The quantitative estimate of drug-likeness (QED) is 0.504. The molecule has 1 unspecified atom stereocenters. The highest BCUT2D eigenvalue weighted by atomic mass is 35.5. The molecule has 4 nitrogen and oxygen atoms in total. The molecule has 0 bridgehead atoms. The summed E-state index contributed by atoms with van der Waals surface area (Å²) >= 11 is 7.35. The third-order valence-corrected chi connectivity index (χ3v) is 3.30. The maximum absolute atomic E-state index is 9.49. The molecule has 1 heterocycles. The zero-order chi connectivity index (χ0) is 13.7. The van der Waals surface area contributed by atoms with E-state index in [1.54, 1.807) is 6.07 Å². The number of hydrogen-bond acceptors (Lipinski definition) is 5. The second kappa shape index (κ2) is 6.75. The third-order valence-electron chi connectivity index (χ3n) is 2.56. The maximum Gasteiger partial charge on any atom is 0.190 e. The van der Waals surface area contributed by atoms with Crippen molar-refractivity contribution >= 4 is 29.2 Å². The largest absolute Gasteiger partial charge is 0.394 e. The predicted molar refractivity (Wildman–Crippen MR) is 78.7 cm³/mol. The molecule has 19 heavy (non-hydrogen) atoms. The van der Waals surface area contributed by atoms with Crippen molar-refractivity contribution in [1.82, 2.24) is 9.97 Å². The molecule has 0 aliphatic heterocycles. The fourth-order valence-corrected chi connectivity index (χ4v) is 2.27. The van der Waals surface area contributed by atoms with Crippen LogP contribution in [0.15, 0.2) is 41.6 Å². The SMILES string of the molecule is CSc1nc(Cl)cc(NC(CO)c2ccccc2)n1. The Balaban J connectivity index is 2.21. The molecule has 100 valence electrons. The van der Waals surface area contributed by atoms with Crippen molar-refractivity contribution in [3.05, 3.63) is 47.1 Å². The van der Waals surface area contributed by atoms with Gasteiger partial charge in [0.05, 0.1) is 12.6 Å². The van der Waals surface area contributed by atoms with E-state index in [0.29, 0.717) is 16.1 Å². The van der Waals surface area contributed by atoms with Crippen LogP contribution in [0.5, 0.6) is 0 Å². The summed E-state index contributed by atoms with van der Waals surface area (Å²) in [5.74, 6) is 0.604. The smallest absolute Gasteiger partial charge is 0.190 e. The molecule has 0 aliphatic carbocycles. The first-order chi connectivity index (χ1) is 9.22. The van der Waals surface area contributed by atoms with Crippen LogP contribution in [0.2, 0.25) is 5.15 Å². The van der Waals surface area contributed by atoms with Crippen LogP contribution in [-0.2, 0) is 0 Å². The number of hydrogen-bond donors (Lipinski definition) is 2. The average Bonchev–Trinajstić information content (AvgIpc) is 2.45. The van der Waals surface area contributed by atoms with Gasteiger partial charge in [0, 0.05) is 6.07 Å². The number of aliphatic hydroxyl groups is 1. The first-order valence-electron chi connectivity index (χ1n) is 5.74. The van der Waals surface area contributed by atoms with Crippen molar-refractivity contribution < 1.29 is 5.11 Å². The van der Waals surface area contributed by atoms with Crippen LogP contribution < -0.4 is 5.32 Å². The molecule has 1 aromatic heterocycles. The Kier molecular flexibility index (Phi) is 5.01. The second-order valence-electron chi connectivity index (χ2n) is 3.85. The first kappa shape index (κ1) is 14.1. The summed E-state index contributed by atoms with van der Waals surface area (Å²) in [5, 5.41) is 13.6. The van der Waals surface area contributed by atoms with E-state index >= 15 is 0 Å². The first-order valence-corrected chi connectivity index (χ1v) is 7.34. The van der Waals surface area contributed by atoms with Crippen molar-refractivity contribution in [2.75, 3.05) is 18.2 Å². The number of aliphatic hydroxyl groups excluding tert-OH is 1. The summed E-state index contributed by atoms with van der Waals surface area (Å²) in [6.45, 7) is -0.0275. The molecule has 2 rings (SSSR count). The lowest BCUT2D eigenvalue weighted by Gasteiger charge is -2.17. The lowest BCUT2D eigenvalue weighted by Crippen LogP contribution is -2.15. The lowest BCUT2D eigenvalue weighted by atomic mass is 10.1. The van der Waals surface area contributed by atoms with Crippen LogP contribution in [0.3, 0.4) is 0 Å². The maximum atomic E-state index is 9.49. The highest BCUT2D eigenvalue weighted by molar-refractivity contribution is 7.98. The average molecular weight is 296 g/mol. The molecule has 6 heteroatoms. The van der Waals surface area contributed by atoms with Crippen LogP contribution in [0, 0.1) is 0 Å². The number of anilines is 1. The van der Waals surface area contributed by atoms with Gasteiger partial charge in [-0.1, -0.05) is 53.7 Å². The number of nitrogens with zero attached hydrogens (tertiary/aromatic N) is 2. The van der Waals surface area contributed by atoms with Gasteiger partial charge in [-0.25, -0.2) is 9.97 Å². The molecule has 0 saturated carbocycles. The highest BCUT2D eigenvalue weighted by Gasteiger charge is 2.11. The van der Waals surface area contributed by atoms with E-state index in [-0.39, 0.29) is 12.6 Å². The van der Waals surface area contributed by atoms with Crippen LogP contribution in [0.1, 0.15) is 11.6 Å². The molecular formula is C13H14ClN3OS. The van der Waals surface area contributed by atoms with Crippen molar-refractivity contribution in [1.29, 1.82) is 0 Å². The van der Waals surface area contributed by atoms with E-state index < -0.39 is 0 Å². The summed E-state index contributed by atoms with van der Waals surface area (Å²) in [7, 11) is 0. The predicted octanol–water partition coefficient (Wildman–Crippen LogP) is 3.00. The van der Waals surface area contributed by atoms with Crippen molar-refractivity contribution in [3.63, 3.8) is 0 Å². The Morgan fingerprint density at radius 1 is 1.32 bits per heavy atom. The zero-order valence-corrected chi connectivity index (χ0v) is 11.9. The molecule has 1 aromatic carbocycles. The van der Waals surface area contributed by atoms with Gasteiger partial charge in [0.2, 0.25) is 0 Å². The normalized spacial score (nSPS) is 12.2. The molecule has 0 amide bonds. The monoisotopic (exact) mass is 295 g/mol. The van der Waals surface area contributed by atoms with E-state index in [0.717, 1.165) is 5.56 Å². The minimum absolute atomic E-state index is 0.0275. The number of aromatic nitrogens is 2. The molecule has 1 atom stereocenters. The van der Waals surface area contributed by atoms with E-state index in [9.17, 15) is 5.11 Å². The Hall–Kier alpha value is -1.30. The van der Waals surface area contributed by atoms with Crippen LogP contribution >= 0.6 is 23.4 Å². The summed E-state index contributed by atoms with van der Waals surface area (Å²) < 4.78 is 0. The van der Waals surface area contributed by atoms with Gasteiger partial charge in [-0.2, -0.15) is 0 Å². The number of benzene rings is 1. The van der Waals surface area contributed by atoms with Crippen molar-refractivity contribution in [2.45, 2.75) is 11.2 Å². The Bertz CT molecular complexity index is 539. The molecule has 0 aliphatic rings. The summed E-state index contributed by atoms with van der Waals surface area (Å²) in [6.07, 6.45) is 1.89. The van der Waals surface area contributed by atoms with E-state index in [2.05, 4.69) is 15.3 Å². The van der Waals surface area contributed by atoms with Gasteiger partial charge in [-0.15, -0.1) is 0 Å². The number of thioether (sulfide) groups is 1. The molecule has 0 fully saturated rings. The van der Waals surface area contributed by atoms with E-state index in [4.69, 9.17) is 11.6 Å². The van der Waals surface area contributed by atoms with E-state index in [1.165, 1.54) is 11.8 Å². The Labute approximate surface area is 121 Å². The Morgan fingerprint density at radius 3 is 2.68 bits per heavy atom. The number of halogens is 1. The Morgan fingerprint density at radius 2 is 2.05 bits per heavy atom. The van der Waals surface area contributed by atoms with Gasteiger partial charge in [0.15, 0.2) is 5.16 Å². The van der Waals surface area contributed by atoms with Gasteiger partial charge in [0.25, 0.3) is 0 Å². The third kappa shape index (κ3) is 3.83. The van der Waals surface area contributed by atoms with Crippen molar-refractivity contribution in [3.8, 4) is 0 Å². The van der Waals surface area contributed by atoms with Crippen LogP contribution in [-0.4, -0.2) is 27.9 Å². The van der Waals surface area contributed by atoms with E-state index in [1.807, 2.05) is 36.6 Å². The summed E-state index contributed by atoms with van der Waals surface area (Å²) in [5.41, 5.74) is 0.991. The molecule has 2 N–H and O–H groups in total. The highest BCUT2D eigenvalue weighted by Crippen LogP contribution is 2.22. The van der Waals surface area contributed by atoms with Gasteiger partial charge in [0.1, 0.15) is 11.0 Å². The number of rotatable bonds is 5. The number of nitrogens with one attached hydrogen (secondary N) is 1. The van der Waals surface area contributed by atoms with Gasteiger partial charge >= 0.3 is 0 Å². The summed E-state index contributed by atoms with van der Waals surface area (Å²) in [4.78, 5) is 8.38. The molecule has 2 aromatic rings. The minimum atomic E-state index is -0.220. The van der Waals surface area contributed by atoms with Crippen LogP contribution in [0.25, 0.3) is 0 Å². The fourth-order valence-electron chi connectivity index (χ4n) is 1.66. The standard InChI is InChI=1S/C13H14ClN3OS/c1-19-13-16-11(14)7-12(17-13)15-10(8-18)9-5-3-2-4-6-9/h2-7,10,18H,8H2,1H3,(H,15,16,17). The van der Waals surface area contributed by atoms with Gasteiger partial charge < -0.3 is 10.4 Å². The molecular weight excluding hydrogens is 282 g/mol. The van der Waals surface area contributed by atoms with Crippen molar-refractivity contribution in [2.24, 2.45) is 0 Å².